The highest BCUT2D eigenvalue weighted by Crippen LogP contribution is 2.17. The molecule has 1 aromatic carbocycles. The van der Waals surface area contributed by atoms with E-state index in [1.54, 1.807) is 24.3 Å². The van der Waals surface area contributed by atoms with Gasteiger partial charge in [-0.1, -0.05) is 24.3 Å². The number of benzene rings is 1. The maximum absolute atomic E-state index is 9.61. The van der Waals surface area contributed by atoms with Crippen molar-refractivity contribution in [1.29, 1.82) is 5.26 Å². The second kappa shape index (κ2) is 5.47. The molecule has 0 bridgehead atoms. The fourth-order valence-electron chi connectivity index (χ4n) is 1.28. The molecule has 0 aliphatic heterocycles. The zero-order chi connectivity index (χ0) is 11.3. The summed E-state index contributed by atoms with van der Waals surface area (Å²) < 4.78 is 0. The van der Waals surface area contributed by atoms with Gasteiger partial charge in [0.1, 0.15) is 6.10 Å². The van der Waals surface area contributed by atoms with E-state index >= 15 is 0 Å². The molecule has 0 radical (unpaired) electrons. The zero-order valence-electron chi connectivity index (χ0n) is 8.30. The van der Waals surface area contributed by atoms with Crippen molar-refractivity contribution in [1.82, 2.24) is 0 Å². The molecule has 15 heavy (non-hydrogen) atoms. The zero-order valence-corrected chi connectivity index (χ0v) is 8.30. The van der Waals surface area contributed by atoms with Crippen LogP contribution in [-0.4, -0.2) is 22.9 Å². The van der Waals surface area contributed by atoms with Crippen LogP contribution in [0.1, 0.15) is 17.2 Å². The van der Waals surface area contributed by atoms with E-state index in [9.17, 15) is 10.2 Å². The minimum atomic E-state index is -0.967. The van der Waals surface area contributed by atoms with E-state index < -0.39 is 12.2 Å². The number of nitrogens with two attached hydrogens (primary N) is 1. The Balaban J connectivity index is 2.76. The summed E-state index contributed by atoms with van der Waals surface area (Å²) in [6, 6.07) is 8.93. The number of rotatable bonds is 4. The Morgan fingerprint density at radius 3 is 2.33 bits per heavy atom. The smallest absolute Gasteiger partial charge is 0.106 e. The maximum atomic E-state index is 9.61. The standard InChI is InChI=1S/C11H14N2O2/c12-6-5-8-1-3-9(4-2-8)11(15)10(14)7-13/h1-4,10-11,14-15H,5,7,13H2. The van der Waals surface area contributed by atoms with Crippen molar-refractivity contribution in [3.8, 4) is 6.07 Å². The van der Waals surface area contributed by atoms with Gasteiger partial charge in [-0.05, 0) is 11.1 Å². The number of nitrogens with zero attached hydrogens (tertiary/aromatic N) is 1. The average Bonchev–Trinajstić information content (AvgIpc) is 2.28. The minimum Gasteiger partial charge on any atom is -0.389 e. The summed E-state index contributed by atoms with van der Waals surface area (Å²) in [7, 11) is 0. The van der Waals surface area contributed by atoms with Gasteiger partial charge in [-0.2, -0.15) is 5.26 Å². The average molecular weight is 206 g/mol. The van der Waals surface area contributed by atoms with Crippen molar-refractivity contribution < 1.29 is 10.2 Å². The lowest BCUT2D eigenvalue weighted by Crippen LogP contribution is -2.27. The normalized spacial score (nSPS) is 14.3. The SMILES string of the molecule is N#CCc1ccc(C(O)C(O)CN)cc1. The van der Waals surface area contributed by atoms with E-state index in [0.717, 1.165) is 5.56 Å². The third kappa shape index (κ3) is 3.03. The van der Waals surface area contributed by atoms with Gasteiger partial charge < -0.3 is 15.9 Å². The molecule has 4 nitrogen and oxygen atoms in total. The number of aliphatic hydroxyl groups is 2. The molecule has 0 aliphatic carbocycles. The lowest BCUT2D eigenvalue weighted by atomic mass is 10.0. The van der Waals surface area contributed by atoms with Gasteiger partial charge in [-0.25, -0.2) is 0 Å². The minimum absolute atomic E-state index is 0.0150. The largest absolute Gasteiger partial charge is 0.389 e. The Labute approximate surface area is 88.6 Å². The second-order valence-electron chi connectivity index (χ2n) is 3.32. The first-order chi connectivity index (χ1) is 7.19. The Morgan fingerprint density at radius 1 is 1.27 bits per heavy atom. The summed E-state index contributed by atoms with van der Waals surface area (Å²) in [4.78, 5) is 0. The monoisotopic (exact) mass is 206 g/mol. The van der Waals surface area contributed by atoms with E-state index in [1.807, 2.05) is 6.07 Å². The Bertz CT molecular complexity index is 343. The molecule has 2 unspecified atom stereocenters. The van der Waals surface area contributed by atoms with Crippen LogP contribution in [0.4, 0.5) is 0 Å². The third-order valence-electron chi connectivity index (χ3n) is 2.21. The van der Waals surface area contributed by atoms with E-state index in [2.05, 4.69) is 0 Å². The molecule has 1 aromatic rings. The van der Waals surface area contributed by atoms with E-state index in [-0.39, 0.29) is 6.54 Å². The Hall–Kier alpha value is -1.41. The van der Waals surface area contributed by atoms with Gasteiger partial charge in [-0.15, -0.1) is 0 Å². The van der Waals surface area contributed by atoms with Crippen molar-refractivity contribution in [2.75, 3.05) is 6.54 Å². The predicted molar refractivity (Wildman–Crippen MR) is 55.8 cm³/mol. The third-order valence-corrected chi connectivity index (χ3v) is 2.21. The maximum Gasteiger partial charge on any atom is 0.106 e. The van der Waals surface area contributed by atoms with Gasteiger partial charge in [0.15, 0.2) is 0 Å². The molecule has 0 saturated heterocycles. The van der Waals surface area contributed by atoms with Crippen LogP contribution in [0.25, 0.3) is 0 Å². The number of hydrogen-bond donors (Lipinski definition) is 3. The van der Waals surface area contributed by atoms with Crippen LogP contribution >= 0.6 is 0 Å². The quantitative estimate of drug-likeness (QED) is 0.652. The molecule has 4 heteroatoms. The molecular formula is C11H14N2O2. The van der Waals surface area contributed by atoms with Gasteiger partial charge in [0.25, 0.3) is 0 Å². The molecule has 0 saturated carbocycles. The summed E-state index contributed by atoms with van der Waals surface area (Å²) in [5.74, 6) is 0. The molecule has 0 spiro atoms. The first kappa shape index (κ1) is 11.7. The predicted octanol–water partition coefficient (Wildman–Crippen LogP) is 0.106. The number of nitriles is 1. The number of aliphatic hydroxyl groups excluding tert-OH is 2. The number of hydrogen-bond acceptors (Lipinski definition) is 4. The van der Waals surface area contributed by atoms with Gasteiger partial charge >= 0.3 is 0 Å². The fourth-order valence-corrected chi connectivity index (χ4v) is 1.28. The van der Waals surface area contributed by atoms with Crippen LogP contribution in [0.3, 0.4) is 0 Å². The summed E-state index contributed by atoms with van der Waals surface area (Å²) in [5, 5.41) is 27.4. The second-order valence-corrected chi connectivity index (χ2v) is 3.32. The van der Waals surface area contributed by atoms with Gasteiger partial charge in [0, 0.05) is 6.54 Å². The van der Waals surface area contributed by atoms with Crippen molar-refractivity contribution in [2.45, 2.75) is 18.6 Å². The summed E-state index contributed by atoms with van der Waals surface area (Å²) in [5.41, 5.74) is 6.73. The highest BCUT2D eigenvalue weighted by molar-refractivity contribution is 5.26. The highest BCUT2D eigenvalue weighted by atomic mass is 16.3. The topological polar surface area (TPSA) is 90.3 Å². The summed E-state index contributed by atoms with van der Waals surface area (Å²) >= 11 is 0. The lowest BCUT2D eigenvalue weighted by molar-refractivity contribution is 0.0243. The van der Waals surface area contributed by atoms with Gasteiger partial charge in [0.2, 0.25) is 0 Å². The molecule has 0 aliphatic rings. The van der Waals surface area contributed by atoms with Crippen LogP contribution in [-0.2, 0) is 6.42 Å². The molecule has 2 atom stereocenters. The summed E-state index contributed by atoms with van der Waals surface area (Å²) in [6.45, 7) is 0.0150. The van der Waals surface area contributed by atoms with Gasteiger partial charge in [-0.3, -0.25) is 0 Å². The fraction of sp³-hybridized carbons (Fsp3) is 0.364. The van der Waals surface area contributed by atoms with Crippen LogP contribution in [0, 0.1) is 11.3 Å². The first-order valence-corrected chi connectivity index (χ1v) is 4.71. The molecule has 4 N–H and O–H groups in total. The van der Waals surface area contributed by atoms with Crippen molar-refractivity contribution in [2.24, 2.45) is 5.73 Å². The van der Waals surface area contributed by atoms with Crippen LogP contribution < -0.4 is 5.73 Å². The molecule has 0 fully saturated rings. The van der Waals surface area contributed by atoms with Crippen LogP contribution in [0.5, 0.6) is 0 Å². The highest BCUT2D eigenvalue weighted by Gasteiger charge is 2.16. The van der Waals surface area contributed by atoms with Crippen LogP contribution in [0.2, 0.25) is 0 Å². The first-order valence-electron chi connectivity index (χ1n) is 4.71. The van der Waals surface area contributed by atoms with Gasteiger partial charge in [0.05, 0.1) is 18.6 Å². The molecular weight excluding hydrogens is 192 g/mol. The van der Waals surface area contributed by atoms with E-state index in [0.29, 0.717) is 12.0 Å². The van der Waals surface area contributed by atoms with E-state index in [1.165, 1.54) is 0 Å². The molecule has 80 valence electrons. The van der Waals surface area contributed by atoms with E-state index in [4.69, 9.17) is 11.0 Å². The van der Waals surface area contributed by atoms with Crippen molar-refractivity contribution in [3.05, 3.63) is 35.4 Å². The Kier molecular flexibility index (Phi) is 4.25. The molecule has 1 rings (SSSR count). The van der Waals surface area contributed by atoms with Crippen molar-refractivity contribution >= 4 is 0 Å². The summed E-state index contributed by atoms with van der Waals surface area (Å²) in [6.07, 6.45) is -1.58. The Morgan fingerprint density at radius 2 is 1.87 bits per heavy atom. The lowest BCUT2D eigenvalue weighted by Gasteiger charge is -2.16. The molecule has 0 heterocycles. The molecule has 0 amide bonds. The molecule has 0 aromatic heterocycles. The van der Waals surface area contributed by atoms with Crippen LogP contribution in [0.15, 0.2) is 24.3 Å². The van der Waals surface area contributed by atoms with Crippen molar-refractivity contribution in [3.63, 3.8) is 0 Å².